The zero-order chi connectivity index (χ0) is 12.0. The molecule has 0 saturated heterocycles. The molecule has 0 aliphatic heterocycles. The van der Waals surface area contributed by atoms with Gasteiger partial charge in [-0.3, -0.25) is 0 Å². The highest BCUT2D eigenvalue weighted by Crippen LogP contribution is 2.32. The lowest BCUT2D eigenvalue weighted by Crippen LogP contribution is -1.83. The van der Waals surface area contributed by atoms with Crippen LogP contribution in [0.15, 0.2) is 27.0 Å². The summed E-state index contributed by atoms with van der Waals surface area (Å²) in [4.78, 5) is 0. The Morgan fingerprint density at radius 3 is 2.65 bits per heavy atom. The number of nitrogens with zero attached hydrogens (tertiary/aromatic N) is 1. The van der Waals surface area contributed by atoms with Gasteiger partial charge in [-0.15, -0.1) is 0 Å². The van der Waals surface area contributed by atoms with Gasteiger partial charge in [0.1, 0.15) is 22.7 Å². The van der Waals surface area contributed by atoms with E-state index in [0.717, 1.165) is 39.0 Å². The van der Waals surface area contributed by atoms with E-state index in [-0.39, 0.29) is 0 Å². The second-order valence-electron chi connectivity index (χ2n) is 4.23. The lowest BCUT2D eigenvalue weighted by Gasteiger charge is -1.98. The Balaban J connectivity index is 2.49. The Hall–Kier alpha value is -2.21. The van der Waals surface area contributed by atoms with E-state index in [4.69, 9.17) is 14.1 Å². The van der Waals surface area contributed by atoms with E-state index in [1.54, 1.807) is 0 Å². The first-order valence-electron chi connectivity index (χ1n) is 5.48. The highest BCUT2D eigenvalue weighted by molar-refractivity contribution is 5.98. The Morgan fingerprint density at radius 2 is 1.88 bits per heavy atom. The van der Waals surface area contributed by atoms with Gasteiger partial charge in [0, 0.05) is 16.3 Å². The number of benzene rings is 1. The van der Waals surface area contributed by atoms with Crippen molar-refractivity contribution >= 4 is 21.9 Å². The number of hydrogen-bond acceptors (Lipinski definition) is 3. The minimum absolute atomic E-state index is 0.333. The summed E-state index contributed by atoms with van der Waals surface area (Å²) in [7, 11) is 0. The highest BCUT2D eigenvalue weighted by atomic mass is 16.3. The topological polar surface area (TPSA) is 50.1 Å². The second-order valence-corrected chi connectivity index (χ2v) is 4.23. The highest BCUT2D eigenvalue weighted by Gasteiger charge is 2.14. The minimum Gasteiger partial charge on any atom is -0.461 e. The van der Waals surface area contributed by atoms with Gasteiger partial charge in [0.15, 0.2) is 0 Å². The molecule has 84 valence electrons. The van der Waals surface area contributed by atoms with Crippen LogP contribution in [0.25, 0.3) is 21.9 Å². The van der Waals surface area contributed by atoms with Crippen molar-refractivity contribution in [1.82, 2.24) is 0 Å². The summed E-state index contributed by atoms with van der Waals surface area (Å²) in [5.74, 6) is 1.70. The summed E-state index contributed by atoms with van der Waals surface area (Å²) >= 11 is 0. The Labute approximate surface area is 98.2 Å². The summed E-state index contributed by atoms with van der Waals surface area (Å²) < 4.78 is 11.3. The van der Waals surface area contributed by atoms with Crippen LogP contribution >= 0.6 is 0 Å². The van der Waals surface area contributed by atoms with Gasteiger partial charge in [-0.25, -0.2) is 0 Å². The molecule has 17 heavy (non-hydrogen) atoms. The second kappa shape index (κ2) is 3.39. The van der Waals surface area contributed by atoms with E-state index in [1.165, 1.54) is 0 Å². The maximum Gasteiger partial charge on any atom is 0.139 e. The van der Waals surface area contributed by atoms with Crippen molar-refractivity contribution in [2.24, 2.45) is 0 Å². The normalized spacial score (nSPS) is 11.1. The van der Waals surface area contributed by atoms with Gasteiger partial charge in [-0.1, -0.05) is 0 Å². The number of hydrogen-bond donors (Lipinski definition) is 0. The summed E-state index contributed by atoms with van der Waals surface area (Å²) in [6.07, 6.45) is 0.333. The maximum atomic E-state index is 8.93. The zero-order valence-corrected chi connectivity index (χ0v) is 9.70. The molecule has 0 saturated carbocycles. The Morgan fingerprint density at radius 1 is 1.12 bits per heavy atom. The molecule has 0 N–H and O–H groups in total. The molecule has 0 unspecified atom stereocenters. The number of furan rings is 2. The van der Waals surface area contributed by atoms with E-state index < -0.39 is 0 Å². The van der Waals surface area contributed by atoms with Crippen LogP contribution in [-0.2, 0) is 6.42 Å². The van der Waals surface area contributed by atoms with E-state index in [9.17, 15) is 0 Å². The van der Waals surface area contributed by atoms with Crippen molar-refractivity contribution in [3.05, 3.63) is 35.3 Å². The zero-order valence-electron chi connectivity index (χ0n) is 9.70. The van der Waals surface area contributed by atoms with Crippen molar-refractivity contribution in [2.75, 3.05) is 0 Å². The fourth-order valence-corrected chi connectivity index (χ4v) is 2.27. The van der Waals surface area contributed by atoms with Crippen molar-refractivity contribution in [3.63, 3.8) is 0 Å². The van der Waals surface area contributed by atoms with Crippen LogP contribution in [0.2, 0.25) is 0 Å². The standard InChI is InChI=1S/C14H11NO2/c1-8-5-10-7-13-12(6-9(2)16-13)11(3-4-15)14(10)17-8/h5-7H,3H2,1-2H3. The van der Waals surface area contributed by atoms with Crippen LogP contribution in [0.3, 0.4) is 0 Å². The molecule has 0 spiro atoms. The summed E-state index contributed by atoms with van der Waals surface area (Å²) in [5.41, 5.74) is 2.54. The molecule has 1 aromatic carbocycles. The minimum atomic E-state index is 0.333. The first-order valence-corrected chi connectivity index (χ1v) is 5.48. The summed E-state index contributed by atoms with van der Waals surface area (Å²) in [5, 5.41) is 10.9. The van der Waals surface area contributed by atoms with Crippen molar-refractivity contribution in [1.29, 1.82) is 5.26 Å². The van der Waals surface area contributed by atoms with E-state index >= 15 is 0 Å². The van der Waals surface area contributed by atoms with Gasteiger partial charge in [0.2, 0.25) is 0 Å². The van der Waals surface area contributed by atoms with Gasteiger partial charge >= 0.3 is 0 Å². The molecule has 0 radical (unpaired) electrons. The van der Waals surface area contributed by atoms with Crippen LogP contribution in [0.5, 0.6) is 0 Å². The molecule has 0 bridgehead atoms. The first kappa shape index (κ1) is 9.98. The molecule has 0 aliphatic carbocycles. The fourth-order valence-electron chi connectivity index (χ4n) is 2.27. The SMILES string of the molecule is Cc1cc2c(CC#N)c3oc(C)cc3cc2o1. The van der Waals surface area contributed by atoms with Crippen molar-refractivity contribution in [2.45, 2.75) is 20.3 Å². The third-order valence-electron chi connectivity index (χ3n) is 2.91. The average Bonchev–Trinajstić information content (AvgIpc) is 2.79. The quantitative estimate of drug-likeness (QED) is 0.631. The largest absolute Gasteiger partial charge is 0.461 e. The van der Waals surface area contributed by atoms with Crippen LogP contribution in [-0.4, -0.2) is 0 Å². The Bertz CT molecular complexity index is 701. The number of rotatable bonds is 1. The predicted octanol–water partition coefficient (Wildman–Crippen LogP) is 3.86. The summed E-state index contributed by atoms with van der Waals surface area (Å²) in [6.45, 7) is 3.81. The molecule has 3 rings (SSSR count). The van der Waals surface area contributed by atoms with Crippen molar-refractivity contribution < 1.29 is 8.83 Å². The molecule has 3 aromatic rings. The van der Waals surface area contributed by atoms with Gasteiger partial charge in [0.25, 0.3) is 0 Å². The third kappa shape index (κ3) is 1.42. The number of aryl methyl sites for hydroxylation is 2. The summed E-state index contributed by atoms with van der Waals surface area (Å²) in [6, 6.07) is 8.08. The molecule has 0 amide bonds. The van der Waals surface area contributed by atoms with E-state index in [0.29, 0.717) is 6.42 Å². The van der Waals surface area contributed by atoms with Crippen molar-refractivity contribution in [3.8, 4) is 6.07 Å². The van der Waals surface area contributed by atoms with Crippen LogP contribution in [0.4, 0.5) is 0 Å². The van der Waals surface area contributed by atoms with Gasteiger partial charge < -0.3 is 8.83 Å². The lowest BCUT2D eigenvalue weighted by atomic mass is 10.0. The van der Waals surface area contributed by atoms with Gasteiger partial charge in [0.05, 0.1) is 12.5 Å². The smallest absolute Gasteiger partial charge is 0.139 e. The molecule has 3 nitrogen and oxygen atoms in total. The molecule has 0 aliphatic rings. The molecule has 2 aromatic heterocycles. The number of fused-ring (bicyclic) bond motifs is 2. The van der Waals surface area contributed by atoms with Gasteiger partial charge in [-0.2, -0.15) is 5.26 Å². The molecule has 2 heterocycles. The molecule has 0 fully saturated rings. The number of nitriles is 1. The van der Waals surface area contributed by atoms with E-state index in [2.05, 4.69) is 6.07 Å². The van der Waals surface area contributed by atoms with Crippen LogP contribution in [0, 0.1) is 25.2 Å². The average molecular weight is 225 g/mol. The first-order chi connectivity index (χ1) is 8.19. The molecular formula is C14H11NO2. The monoisotopic (exact) mass is 225 g/mol. The van der Waals surface area contributed by atoms with E-state index in [1.807, 2.05) is 32.0 Å². The predicted molar refractivity (Wildman–Crippen MR) is 64.8 cm³/mol. The fraction of sp³-hybridized carbons (Fsp3) is 0.214. The van der Waals surface area contributed by atoms with Gasteiger partial charge in [-0.05, 0) is 32.0 Å². The molecule has 3 heteroatoms. The van der Waals surface area contributed by atoms with Crippen LogP contribution in [0.1, 0.15) is 17.1 Å². The maximum absolute atomic E-state index is 8.93. The molecule has 0 atom stereocenters. The molecular weight excluding hydrogens is 214 g/mol. The lowest BCUT2D eigenvalue weighted by molar-refractivity contribution is 0.573. The van der Waals surface area contributed by atoms with Crippen LogP contribution < -0.4 is 0 Å². The Kier molecular flexibility index (Phi) is 1.99. The third-order valence-corrected chi connectivity index (χ3v) is 2.91.